The number of amides is 1. The van der Waals surface area contributed by atoms with E-state index in [1.54, 1.807) is 13.1 Å². The van der Waals surface area contributed by atoms with Gasteiger partial charge < -0.3 is 5.32 Å². The van der Waals surface area contributed by atoms with Crippen molar-refractivity contribution in [2.75, 3.05) is 17.3 Å². The fraction of sp³-hybridized carbons (Fsp3) is 0.320. The van der Waals surface area contributed by atoms with E-state index in [2.05, 4.69) is 35.2 Å². The van der Waals surface area contributed by atoms with Crippen LogP contribution >= 0.6 is 11.6 Å². The number of nitrogens with zero attached hydrogens (tertiary/aromatic N) is 3. The number of halogens is 2. The Hall–Kier alpha value is -2.99. The van der Waals surface area contributed by atoms with Crippen LogP contribution in [0, 0.1) is 11.7 Å². The summed E-state index contributed by atoms with van der Waals surface area (Å²) in [4.78, 5) is 23.2. The highest BCUT2D eigenvalue weighted by molar-refractivity contribution is 6.33. The van der Waals surface area contributed by atoms with E-state index in [-0.39, 0.29) is 10.9 Å². The van der Waals surface area contributed by atoms with Crippen LogP contribution in [0.2, 0.25) is 5.02 Å². The quantitative estimate of drug-likeness (QED) is 0.404. The number of rotatable bonds is 6. The van der Waals surface area contributed by atoms with Crippen LogP contribution in [0.3, 0.4) is 0 Å². The Morgan fingerprint density at radius 2 is 2.00 bits per heavy atom. The SMILES string of the molecule is C/C(=C/C(C)=C(C)/C=C1\C(=O)N(C)c2ncnc(Nc3ccc(F)c(Cl)c3)c21)CC1CC1. The van der Waals surface area contributed by atoms with Gasteiger partial charge in [0.2, 0.25) is 0 Å². The lowest BCUT2D eigenvalue weighted by molar-refractivity contribution is -0.112. The van der Waals surface area contributed by atoms with E-state index in [4.69, 9.17) is 11.6 Å². The molecule has 1 aliphatic carbocycles. The molecule has 2 aromatic rings. The number of hydrogen-bond donors (Lipinski definition) is 1. The van der Waals surface area contributed by atoms with E-state index in [1.807, 2.05) is 13.0 Å². The van der Waals surface area contributed by atoms with Gasteiger partial charge in [0.15, 0.2) is 0 Å². The van der Waals surface area contributed by atoms with Crippen LogP contribution in [0.1, 0.15) is 45.6 Å². The third-order valence-electron chi connectivity index (χ3n) is 5.89. The zero-order valence-electron chi connectivity index (χ0n) is 18.7. The molecule has 1 saturated carbocycles. The van der Waals surface area contributed by atoms with Crippen LogP contribution in [-0.4, -0.2) is 22.9 Å². The molecule has 7 heteroatoms. The predicted octanol–water partition coefficient (Wildman–Crippen LogP) is 6.46. The minimum absolute atomic E-state index is 0.00687. The smallest absolute Gasteiger partial charge is 0.260 e. The van der Waals surface area contributed by atoms with E-state index in [9.17, 15) is 9.18 Å². The van der Waals surface area contributed by atoms with E-state index >= 15 is 0 Å². The number of benzene rings is 1. The molecule has 0 bridgehead atoms. The highest BCUT2D eigenvalue weighted by Crippen LogP contribution is 2.40. The van der Waals surface area contributed by atoms with Crippen molar-refractivity contribution in [3.05, 3.63) is 69.8 Å². The average Bonchev–Trinajstić information content (AvgIpc) is 3.53. The summed E-state index contributed by atoms with van der Waals surface area (Å²) in [6, 6.07) is 4.34. The van der Waals surface area contributed by atoms with Crippen LogP contribution in [0.4, 0.5) is 21.7 Å². The molecular formula is C25H26ClFN4O. The molecule has 1 aromatic carbocycles. The molecule has 1 amide bonds. The number of allylic oxidation sites excluding steroid dienone is 5. The second-order valence-electron chi connectivity index (χ2n) is 8.60. The molecule has 1 N–H and O–H groups in total. The fourth-order valence-corrected chi connectivity index (χ4v) is 4.03. The largest absolute Gasteiger partial charge is 0.339 e. The molecule has 1 aromatic heterocycles. The summed E-state index contributed by atoms with van der Waals surface area (Å²) in [5.74, 6) is 1.18. The van der Waals surface area contributed by atoms with Gasteiger partial charge in [-0.05, 0) is 81.4 Å². The van der Waals surface area contributed by atoms with Crippen molar-refractivity contribution < 1.29 is 9.18 Å². The van der Waals surface area contributed by atoms with Crippen LogP contribution in [-0.2, 0) is 4.79 Å². The van der Waals surface area contributed by atoms with E-state index < -0.39 is 5.82 Å². The summed E-state index contributed by atoms with van der Waals surface area (Å²) in [5, 5.41) is 3.16. The molecule has 0 radical (unpaired) electrons. The lowest BCUT2D eigenvalue weighted by Crippen LogP contribution is -2.21. The fourth-order valence-electron chi connectivity index (χ4n) is 3.85. The van der Waals surface area contributed by atoms with Crippen LogP contribution in [0.15, 0.2) is 53.4 Å². The van der Waals surface area contributed by atoms with Gasteiger partial charge in [-0.25, -0.2) is 14.4 Å². The van der Waals surface area contributed by atoms with Crippen molar-refractivity contribution in [1.82, 2.24) is 9.97 Å². The van der Waals surface area contributed by atoms with Crippen molar-refractivity contribution >= 4 is 40.4 Å². The van der Waals surface area contributed by atoms with Gasteiger partial charge in [0.1, 0.15) is 23.8 Å². The van der Waals surface area contributed by atoms with Gasteiger partial charge in [0.25, 0.3) is 5.91 Å². The molecule has 32 heavy (non-hydrogen) atoms. The van der Waals surface area contributed by atoms with Crippen molar-refractivity contribution in [2.45, 2.75) is 40.0 Å². The number of aromatic nitrogens is 2. The number of hydrogen-bond acceptors (Lipinski definition) is 4. The number of likely N-dealkylation sites (N-methyl/N-ethyl adjacent to an activating group) is 1. The summed E-state index contributed by atoms with van der Waals surface area (Å²) >= 11 is 5.92. The van der Waals surface area contributed by atoms with Crippen molar-refractivity contribution in [2.24, 2.45) is 5.92 Å². The van der Waals surface area contributed by atoms with Crippen LogP contribution in [0.25, 0.3) is 5.57 Å². The first kappa shape index (κ1) is 22.2. The topological polar surface area (TPSA) is 58.1 Å². The van der Waals surface area contributed by atoms with Gasteiger partial charge in [0, 0.05) is 12.7 Å². The number of nitrogens with one attached hydrogen (secondary N) is 1. The normalized spacial score (nSPS) is 18.2. The Kier molecular flexibility index (Phi) is 6.15. The van der Waals surface area contributed by atoms with Crippen molar-refractivity contribution in [3.63, 3.8) is 0 Å². The van der Waals surface area contributed by atoms with Gasteiger partial charge >= 0.3 is 0 Å². The van der Waals surface area contributed by atoms with Gasteiger partial charge in [-0.1, -0.05) is 23.3 Å². The maximum absolute atomic E-state index is 13.5. The maximum Gasteiger partial charge on any atom is 0.260 e. The summed E-state index contributed by atoms with van der Waals surface area (Å²) in [6.07, 6.45) is 9.28. The number of carbonyl (C=O) groups is 1. The molecule has 2 heterocycles. The van der Waals surface area contributed by atoms with Crippen LogP contribution in [0.5, 0.6) is 0 Å². The zero-order valence-corrected chi connectivity index (χ0v) is 19.4. The highest BCUT2D eigenvalue weighted by Gasteiger charge is 2.34. The van der Waals surface area contributed by atoms with Crippen molar-refractivity contribution in [3.8, 4) is 0 Å². The second-order valence-corrected chi connectivity index (χ2v) is 9.01. The average molecular weight is 453 g/mol. The number of carbonyl (C=O) groups excluding carboxylic acids is 1. The standard InChI is InChI=1S/C25H26ClFN4O/c1-14(10-17-5-6-17)9-15(2)16(3)11-19-22-23(28-13-29-24(22)31(4)25(19)32)30-18-7-8-21(27)20(26)12-18/h7-9,11-13,17H,5-6,10H2,1-4H3,(H,28,29,30)/b14-9-,16-15+,19-11-. The Bertz CT molecular complexity index is 1180. The first-order valence-corrected chi connectivity index (χ1v) is 11.0. The lowest BCUT2D eigenvalue weighted by atomic mass is 10.0. The highest BCUT2D eigenvalue weighted by atomic mass is 35.5. The van der Waals surface area contributed by atoms with Gasteiger partial charge in [-0.15, -0.1) is 0 Å². The van der Waals surface area contributed by atoms with Gasteiger partial charge in [-0.3, -0.25) is 9.69 Å². The molecular weight excluding hydrogens is 427 g/mol. The second kappa shape index (κ2) is 8.87. The zero-order chi connectivity index (χ0) is 23.0. The maximum atomic E-state index is 13.5. The Morgan fingerprint density at radius 3 is 2.69 bits per heavy atom. The number of anilines is 3. The van der Waals surface area contributed by atoms with Crippen molar-refractivity contribution in [1.29, 1.82) is 0 Å². The molecule has 5 nitrogen and oxygen atoms in total. The third-order valence-corrected chi connectivity index (χ3v) is 6.17. The molecule has 4 rings (SSSR count). The van der Waals surface area contributed by atoms with E-state index in [0.717, 1.165) is 23.5 Å². The first-order chi connectivity index (χ1) is 15.2. The monoisotopic (exact) mass is 452 g/mol. The van der Waals surface area contributed by atoms with E-state index in [0.29, 0.717) is 28.5 Å². The molecule has 0 unspecified atom stereocenters. The Balaban J connectivity index is 1.71. The van der Waals surface area contributed by atoms with Gasteiger partial charge in [-0.2, -0.15) is 0 Å². The molecule has 0 atom stereocenters. The van der Waals surface area contributed by atoms with Crippen LogP contribution < -0.4 is 10.2 Å². The Morgan fingerprint density at radius 1 is 1.25 bits per heavy atom. The first-order valence-electron chi connectivity index (χ1n) is 10.7. The predicted molar refractivity (Wildman–Crippen MR) is 128 cm³/mol. The molecule has 0 spiro atoms. The lowest BCUT2D eigenvalue weighted by Gasteiger charge is -2.11. The number of fused-ring (bicyclic) bond motifs is 1. The summed E-state index contributed by atoms with van der Waals surface area (Å²) < 4.78 is 13.5. The molecule has 166 valence electrons. The van der Waals surface area contributed by atoms with Gasteiger partial charge in [0.05, 0.1) is 16.2 Å². The molecule has 1 fully saturated rings. The molecule has 2 aliphatic rings. The summed E-state index contributed by atoms with van der Waals surface area (Å²) in [7, 11) is 1.69. The minimum atomic E-state index is -0.498. The third kappa shape index (κ3) is 4.60. The minimum Gasteiger partial charge on any atom is -0.339 e. The van der Waals surface area contributed by atoms with E-state index in [1.165, 1.54) is 41.8 Å². The molecule has 0 saturated heterocycles. The Labute approximate surface area is 192 Å². The summed E-state index contributed by atoms with van der Waals surface area (Å²) in [6.45, 7) is 6.23. The summed E-state index contributed by atoms with van der Waals surface area (Å²) in [5.41, 5.74) is 5.19. The molecule has 1 aliphatic heterocycles.